The molecule has 1 heterocycles. The van der Waals surface area contributed by atoms with Crippen molar-refractivity contribution in [3.8, 4) is 0 Å². The van der Waals surface area contributed by atoms with Crippen LogP contribution in [0.2, 0.25) is 0 Å². The zero-order valence-corrected chi connectivity index (χ0v) is 14.7. The average molecular weight is 382 g/mol. The first kappa shape index (κ1) is 17.2. The fraction of sp³-hybridized carbons (Fsp3) is 0.105. The number of carbonyl (C=O) groups is 3. The molecule has 0 saturated carbocycles. The number of rotatable bonds is 2. The molecular weight excluding hydrogens is 368 g/mol. The summed E-state index contributed by atoms with van der Waals surface area (Å²) in [5.74, 6) is -0.841. The number of fused-ring (bicyclic) bond motifs is 2. The third-order valence-corrected chi connectivity index (χ3v) is 5.84. The minimum absolute atomic E-state index is 0.130. The van der Waals surface area contributed by atoms with Crippen LogP contribution in [0.25, 0.3) is 0 Å². The van der Waals surface area contributed by atoms with Gasteiger partial charge in [-0.2, -0.15) is 0 Å². The maximum absolute atomic E-state index is 12.9. The van der Waals surface area contributed by atoms with Crippen molar-refractivity contribution in [1.29, 1.82) is 0 Å². The van der Waals surface area contributed by atoms with Gasteiger partial charge in [0.05, 0.1) is 23.0 Å². The van der Waals surface area contributed by atoms with Crippen LogP contribution in [0.5, 0.6) is 0 Å². The molecule has 0 saturated heterocycles. The van der Waals surface area contributed by atoms with Gasteiger partial charge in [-0.05, 0) is 12.1 Å². The summed E-state index contributed by atoms with van der Waals surface area (Å²) < 4.78 is 22.9. The lowest BCUT2D eigenvalue weighted by molar-refractivity contribution is 0.0979. The van der Waals surface area contributed by atoms with E-state index in [1.165, 1.54) is 12.1 Å². The van der Waals surface area contributed by atoms with Crippen molar-refractivity contribution in [3.05, 3.63) is 76.2 Å². The number of hydrogen-bond acceptors (Lipinski definition) is 5. The third kappa shape index (κ3) is 3.04. The van der Waals surface area contributed by atoms with E-state index in [9.17, 15) is 22.8 Å². The van der Waals surface area contributed by atoms with Crippen molar-refractivity contribution in [2.45, 2.75) is 6.04 Å². The predicted molar refractivity (Wildman–Crippen MR) is 98.6 cm³/mol. The molecule has 2 aliphatic rings. The summed E-state index contributed by atoms with van der Waals surface area (Å²) in [5.41, 5.74) is 1.17. The number of ketones is 2. The number of anilines is 1. The molecule has 2 amide bonds. The van der Waals surface area contributed by atoms with Crippen LogP contribution >= 0.6 is 0 Å². The summed E-state index contributed by atoms with van der Waals surface area (Å²) in [6.45, 7) is 0. The summed E-state index contributed by atoms with van der Waals surface area (Å²) in [6.07, 6.45) is 1.39. The highest BCUT2D eigenvalue weighted by molar-refractivity contribution is 7.94. The van der Waals surface area contributed by atoms with Crippen LogP contribution < -0.4 is 10.6 Å². The standard InChI is InChI=1S/C19H14N2O5S/c22-17-12-4-1-2-5-13(12)18(23)16-14(17)6-3-7-15(16)21-19(24)20-11-8-9-27(25,26)10-11/h1-9,11H,10H2,(H2,20,21,24). The Labute approximate surface area is 155 Å². The summed E-state index contributed by atoms with van der Waals surface area (Å²) in [6, 6.07) is 9.87. The molecule has 0 bridgehead atoms. The van der Waals surface area contributed by atoms with E-state index >= 15 is 0 Å². The molecule has 0 spiro atoms. The van der Waals surface area contributed by atoms with E-state index in [2.05, 4.69) is 10.6 Å². The third-order valence-electron chi connectivity index (χ3n) is 4.45. The number of hydrogen-bond donors (Lipinski definition) is 2. The molecule has 8 heteroatoms. The summed E-state index contributed by atoms with van der Waals surface area (Å²) in [7, 11) is -3.30. The van der Waals surface area contributed by atoms with Gasteiger partial charge in [0.2, 0.25) is 0 Å². The van der Waals surface area contributed by atoms with Gasteiger partial charge in [-0.3, -0.25) is 9.59 Å². The molecule has 2 aromatic carbocycles. The normalized spacial score (nSPS) is 19.3. The second kappa shape index (κ2) is 6.17. The highest BCUT2D eigenvalue weighted by Crippen LogP contribution is 2.31. The number of sulfone groups is 1. The van der Waals surface area contributed by atoms with Gasteiger partial charge in [-0.1, -0.05) is 36.4 Å². The van der Waals surface area contributed by atoms with E-state index in [0.717, 1.165) is 5.41 Å². The van der Waals surface area contributed by atoms with E-state index in [1.54, 1.807) is 36.4 Å². The number of carbonyl (C=O) groups excluding carboxylic acids is 3. The monoisotopic (exact) mass is 382 g/mol. The Morgan fingerprint density at radius 1 is 0.926 bits per heavy atom. The lowest BCUT2D eigenvalue weighted by Crippen LogP contribution is -2.39. The minimum atomic E-state index is -3.30. The van der Waals surface area contributed by atoms with Crippen molar-refractivity contribution in [3.63, 3.8) is 0 Å². The number of urea groups is 1. The van der Waals surface area contributed by atoms with Crippen molar-refractivity contribution >= 4 is 33.1 Å². The highest BCUT2D eigenvalue weighted by atomic mass is 32.2. The van der Waals surface area contributed by atoms with Crippen molar-refractivity contribution < 1.29 is 22.8 Å². The molecule has 1 aliphatic heterocycles. The smallest absolute Gasteiger partial charge is 0.319 e. The maximum Gasteiger partial charge on any atom is 0.319 e. The zero-order chi connectivity index (χ0) is 19.2. The summed E-state index contributed by atoms with van der Waals surface area (Å²) in [5, 5.41) is 6.13. The van der Waals surface area contributed by atoms with E-state index in [1.807, 2.05) is 0 Å². The lowest BCUT2D eigenvalue weighted by atomic mass is 9.83. The predicted octanol–water partition coefficient (Wildman–Crippen LogP) is 1.89. The Bertz CT molecular complexity index is 1130. The number of amides is 2. The molecule has 7 nitrogen and oxygen atoms in total. The highest BCUT2D eigenvalue weighted by Gasteiger charge is 2.32. The van der Waals surface area contributed by atoms with Crippen LogP contribution in [0.15, 0.2) is 53.9 Å². The van der Waals surface area contributed by atoms with Gasteiger partial charge in [0.15, 0.2) is 21.4 Å². The first-order valence-electron chi connectivity index (χ1n) is 8.16. The molecule has 0 fully saturated rings. The number of nitrogens with one attached hydrogen (secondary N) is 2. The topological polar surface area (TPSA) is 109 Å². The molecule has 2 aromatic rings. The SMILES string of the molecule is O=C(Nc1cccc2c1C(=O)c1ccccc1C2=O)NC1C=CS(=O)(=O)C1. The second-order valence-electron chi connectivity index (χ2n) is 6.29. The van der Waals surface area contributed by atoms with Gasteiger partial charge < -0.3 is 10.6 Å². The zero-order valence-electron chi connectivity index (χ0n) is 13.9. The quantitative estimate of drug-likeness (QED) is 0.703. The largest absolute Gasteiger partial charge is 0.331 e. The molecule has 0 aromatic heterocycles. The van der Waals surface area contributed by atoms with Gasteiger partial charge in [-0.25, -0.2) is 13.2 Å². The van der Waals surface area contributed by atoms with Crippen molar-refractivity contribution in [2.75, 3.05) is 11.1 Å². The van der Waals surface area contributed by atoms with Crippen LogP contribution in [0.4, 0.5) is 10.5 Å². The van der Waals surface area contributed by atoms with E-state index in [-0.39, 0.29) is 39.7 Å². The molecule has 136 valence electrons. The van der Waals surface area contributed by atoms with Crippen LogP contribution in [0.1, 0.15) is 31.8 Å². The molecule has 27 heavy (non-hydrogen) atoms. The Hall–Kier alpha value is -3.26. The van der Waals surface area contributed by atoms with Gasteiger partial charge in [-0.15, -0.1) is 0 Å². The number of benzene rings is 2. The fourth-order valence-corrected chi connectivity index (χ4v) is 4.48. The lowest BCUT2D eigenvalue weighted by Gasteiger charge is -2.20. The van der Waals surface area contributed by atoms with Gasteiger partial charge in [0, 0.05) is 22.1 Å². The molecule has 4 rings (SSSR count). The van der Waals surface area contributed by atoms with Crippen molar-refractivity contribution in [1.82, 2.24) is 5.32 Å². The molecule has 2 N–H and O–H groups in total. The fourth-order valence-electron chi connectivity index (χ4n) is 3.24. The first-order chi connectivity index (χ1) is 12.9. The Kier molecular flexibility index (Phi) is 3.92. The molecule has 0 radical (unpaired) electrons. The summed E-state index contributed by atoms with van der Waals surface area (Å²) in [4.78, 5) is 37.8. The van der Waals surface area contributed by atoms with Crippen LogP contribution in [0, 0.1) is 0 Å². The van der Waals surface area contributed by atoms with Crippen LogP contribution in [-0.4, -0.2) is 37.8 Å². The molecule has 1 atom stereocenters. The average Bonchev–Trinajstić information content (AvgIpc) is 2.97. The minimum Gasteiger partial charge on any atom is -0.331 e. The van der Waals surface area contributed by atoms with Crippen LogP contribution in [0.3, 0.4) is 0 Å². The summed E-state index contributed by atoms with van der Waals surface area (Å²) >= 11 is 0. The van der Waals surface area contributed by atoms with E-state index in [0.29, 0.717) is 5.56 Å². The Morgan fingerprint density at radius 2 is 1.59 bits per heavy atom. The molecular formula is C19H14N2O5S. The second-order valence-corrected chi connectivity index (χ2v) is 8.23. The van der Waals surface area contributed by atoms with Crippen LogP contribution in [-0.2, 0) is 9.84 Å². The van der Waals surface area contributed by atoms with E-state index < -0.39 is 21.9 Å². The molecule has 1 unspecified atom stereocenters. The Morgan fingerprint density at radius 3 is 2.26 bits per heavy atom. The first-order valence-corrected chi connectivity index (χ1v) is 9.87. The molecule has 1 aliphatic carbocycles. The van der Waals surface area contributed by atoms with Gasteiger partial charge in [0.1, 0.15) is 0 Å². The maximum atomic E-state index is 12.9. The van der Waals surface area contributed by atoms with E-state index in [4.69, 9.17) is 0 Å². The van der Waals surface area contributed by atoms with Gasteiger partial charge >= 0.3 is 6.03 Å². The van der Waals surface area contributed by atoms with Gasteiger partial charge in [0.25, 0.3) is 0 Å². The van der Waals surface area contributed by atoms with Crippen molar-refractivity contribution in [2.24, 2.45) is 0 Å². The Balaban J connectivity index is 1.63.